The first-order valence-electron chi connectivity index (χ1n) is 11.9. The summed E-state index contributed by atoms with van der Waals surface area (Å²) < 4.78 is 37.8. The van der Waals surface area contributed by atoms with Gasteiger partial charge in [0.15, 0.2) is 29.0 Å². The maximum atomic E-state index is 13.8. The lowest BCUT2D eigenvalue weighted by Crippen LogP contribution is -2.54. The molecule has 0 fully saturated rings. The first kappa shape index (κ1) is 30.9. The molecule has 2 amide bonds. The number of benzene rings is 2. The number of ketones is 2. The number of rotatable bonds is 14. The van der Waals surface area contributed by atoms with Crippen molar-refractivity contribution in [2.24, 2.45) is 5.92 Å². The molecule has 210 valence electrons. The fraction of sp³-hybridized carbons (Fsp3) is 0.370. The van der Waals surface area contributed by atoms with Gasteiger partial charge in [-0.3, -0.25) is 24.0 Å². The van der Waals surface area contributed by atoms with Crippen molar-refractivity contribution in [2.45, 2.75) is 45.7 Å². The SMILES string of the molecule is COc1ccc(C(C)=O)cc1CC(=O)N[C@H](C(=O)N[C@@H](CC(=O)O)C(=O)COc1c(F)cccc1F)C(C)C. The van der Waals surface area contributed by atoms with Gasteiger partial charge in [-0.05, 0) is 43.2 Å². The number of methoxy groups -OCH3 is 1. The summed E-state index contributed by atoms with van der Waals surface area (Å²) in [6.07, 6.45) is -1.07. The van der Waals surface area contributed by atoms with Crippen LogP contribution in [0.15, 0.2) is 36.4 Å². The highest BCUT2D eigenvalue weighted by Gasteiger charge is 2.31. The van der Waals surface area contributed by atoms with E-state index in [1.807, 2.05) is 0 Å². The van der Waals surface area contributed by atoms with Gasteiger partial charge in [0, 0.05) is 11.1 Å². The highest BCUT2D eigenvalue weighted by atomic mass is 19.1. The number of nitrogens with one attached hydrogen (secondary N) is 2. The Balaban J connectivity index is 2.14. The second-order valence-electron chi connectivity index (χ2n) is 9.01. The summed E-state index contributed by atoms with van der Waals surface area (Å²) in [7, 11) is 1.40. The van der Waals surface area contributed by atoms with Crippen molar-refractivity contribution < 1.29 is 47.3 Å². The lowest BCUT2D eigenvalue weighted by atomic mass is 10.0. The van der Waals surface area contributed by atoms with Gasteiger partial charge in [-0.25, -0.2) is 8.78 Å². The maximum Gasteiger partial charge on any atom is 0.305 e. The number of carboxylic acid groups (broad SMARTS) is 1. The van der Waals surface area contributed by atoms with Crippen LogP contribution in [0.1, 0.15) is 43.1 Å². The molecule has 12 heteroatoms. The Hall–Kier alpha value is -4.35. The molecule has 0 spiro atoms. The molecule has 39 heavy (non-hydrogen) atoms. The first-order valence-corrected chi connectivity index (χ1v) is 11.9. The van der Waals surface area contributed by atoms with E-state index in [-0.39, 0.29) is 12.2 Å². The largest absolute Gasteiger partial charge is 0.496 e. The van der Waals surface area contributed by atoms with Gasteiger partial charge in [0.05, 0.1) is 20.0 Å². The molecule has 0 aromatic heterocycles. The normalized spacial score (nSPS) is 12.3. The van der Waals surface area contributed by atoms with Gasteiger partial charge in [0.1, 0.15) is 24.4 Å². The number of ether oxygens (including phenoxy) is 2. The van der Waals surface area contributed by atoms with Gasteiger partial charge in [0.2, 0.25) is 11.8 Å². The molecule has 2 aromatic carbocycles. The molecule has 0 bridgehead atoms. The number of carboxylic acids is 1. The third-order valence-corrected chi connectivity index (χ3v) is 5.67. The average molecular weight is 549 g/mol. The van der Waals surface area contributed by atoms with Crippen LogP contribution in [0.2, 0.25) is 0 Å². The van der Waals surface area contributed by atoms with Gasteiger partial charge in [-0.15, -0.1) is 0 Å². The van der Waals surface area contributed by atoms with E-state index in [0.717, 1.165) is 18.2 Å². The average Bonchev–Trinajstić information content (AvgIpc) is 2.85. The van der Waals surface area contributed by atoms with Gasteiger partial charge >= 0.3 is 5.97 Å². The highest BCUT2D eigenvalue weighted by molar-refractivity contribution is 5.96. The molecule has 0 heterocycles. The van der Waals surface area contributed by atoms with E-state index in [4.69, 9.17) is 9.47 Å². The molecule has 2 aromatic rings. The van der Waals surface area contributed by atoms with Crippen molar-refractivity contribution in [3.05, 3.63) is 59.2 Å². The molecule has 0 saturated heterocycles. The minimum absolute atomic E-state index is 0.213. The Morgan fingerprint density at radius 3 is 2.18 bits per heavy atom. The standard InChI is InChI=1S/C27H30F2N2O8/c1-14(2)25(31-23(34)11-17-10-16(15(3)32)8-9-22(17)38-4)27(37)30-20(12-24(35)36)21(33)13-39-26-18(28)6-5-7-19(26)29/h5-10,14,20,25H,11-13H2,1-4H3,(H,30,37)(H,31,34)(H,35,36)/t20-,25-/m0/s1. The predicted molar refractivity (Wildman–Crippen MR) is 135 cm³/mol. The molecular formula is C27H30F2N2O8. The molecule has 0 aliphatic carbocycles. The summed E-state index contributed by atoms with van der Waals surface area (Å²) in [4.78, 5) is 61.5. The van der Waals surface area contributed by atoms with Crippen LogP contribution in [0.5, 0.6) is 11.5 Å². The summed E-state index contributed by atoms with van der Waals surface area (Å²) in [5.74, 6) is -7.09. The highest BCUT2D eigenvalue weighted by Crippen LogP contribution is 2.22. The number of amides is 2. The Bertz CT molecular complexity index is 1230. The first-order chi connectivity index (χ1) is 18.3. The summed E-state index contributed by atoms with van der Waals surface area (Å²) in [5, 5.41) is 14.1. The lowest BCUT2D eigenvalue weighted by Gasteiger charge is -2.25. The molecule has 0 aliphatic heterocycles. The van der Waals surface area contributed by atoms with Crippen molar-refractivity contribution in [3.8, 4) is 11.5 Å². The van der Waals surface area contributed by atoms with Gasteiger partial charge in [0.25, 0.3) is 0 Å². The minimum Gasteiger partial charge on any atom is -0.496 e. The zero-order valence-electron chi connectivity index (χ0n) is 21.9. The number of aliphatic carboxylic acids is 1. The van der Waals surface area contributed by atoms with E-state index < -0.39 is 72.0 Å². The van der Waals surface area contributed by atoms with Crippen LogP contribution in [0.4, 0.5) is 8.78 Å². The van der Waals surface area contributed by atoms with Crippen molar-refractivity contribution in [1.82, 2.24) is 10.6 Å². The quantitative estimate of drug-likeness (QED) is 0.305. The molecule has 2 rings (SSSR count). The van der Waals surface area contributed by atoms with Crippen molar-refractivity contribution in [3.63, 3.8) is 0 Å². The van der Waals surface area contributed by atoms with Crippen molar-refractivity contribution in [1.29, 1.82) is 0 Å². The maximum absolute atomic E-state index is 13.8. The fourth-order valence-corrected chi connectivity index (χ4v) is 3.61. The van der Waals surface area contributed by atoms with E-state index in [1.54, 1.807) is 26.0 Å². The molecule has 0 saturated carbocycles. The number of halogens is 2. The number of hydrogen-bond acceptors (Lipinski definition) is 7. The van der Waals surface area contributed by atoms with Crippen LogP contribution in [0, 0.1) is 17.6 Å². The van der Waals surface area contributed by atoms with Crippen LogP contribution >= 0.6 is 0 Å². The number of carbonyl (C=O) groups excluding carboxylic acids is 4. The molecule has 3 N–H and O–H groups in total. The summed E-state index contributed by atoms with van der Waals surface area (Å²) in [6.45, 7) is 3.71. The Morgan fingerprint density at radius 2 is 1.64 bits per heavy atom. The second-order valence-corrected chi connectivity index (χ2v) is 9.01. The molecular weight excluding hydrogens is 518 g/mol. The zero-order chi connectivity index (χ0) is 29.3. The number of para-hydroxylation sites is 1. The van der Waals surface area contributed by atoms with Crippen molar-refractivity contribution in [2.75, 3.05) is 13.7 Å². The topological polar surface area (TPSA) is 148 Å². The van der Waals surface area contributed by atoms with E-state index in [2.05, 4.69) is 10.6 Å². The third-order valence-electron chi connectivity index (χ3n) is 5.67. The van der Waals surface area contributed by atoms with Crippen LogP contribution in [0.3, 0.4) is 0 Å². The monoisotopic (exact) mass is 548 g/mol. The smallest absolute Gasteiger partial charge is 0.305 e. The van der Waals surface area contributed by atoms with Gasteiger partial charge in [-0.1, -0.05) is 19.9 Å². The second kappa shape index (κ2) is 14.0. The van der Waals surface area contributed by atoms with Gasteiger partial charge in [-0.2, -0.15) is 0 Å². The number of carbonyl (C=O) groups is 5. The van der Waals surface area contributed by atoms with Crippen molar-refractivity contribution >= 4 is 29.4 Å². The van der Waals surface area contributed by atoms with Crippen LogP contribution < -0.4 is 20.1 Å². The van der Waals surface area contributed by atoms with Crippen LogP contribution in [-0.4, -0.2) is 60.3 Å². The summed E-state index contributed by atoms with van der Waals surface area (Å²) in [6, 6.07) is 4.76. The van der Waals surface area contributed by atoms with Gasteiger partial charge < -0.3 is 25.2 Å². The molecule has 0 unspecified atom stereocenters. The summed E-state index contributed by atoms with van der Waals surface area (Å²) in [5.41, 5.74) is 0.770. The number of hydrogen-bond donors (Lipinski definition) is 3. The summed E-state index contributed by atoms with van der Waals surface area (Å²) >= 11 is 0. The van der Waals surface area contributed by atoms with Crippen LogP contribution in [-0.2, 0) is 25.6 Å². The lowest BCUT2D eigenvalue weighted by molar-refractivity contribution is -0.141. The zero-order valence-corrected chi connectivity index (χ0v) is 21.9. The Kier molecular flexibility index (Phi) is 11.1. The molecule has 10 nitrogen and oxygen atoms in total. The Morgan fingerprint density at radius 1 is 1.00 bits per heavy atom. The Labute approximate surface area is 223 Å². The van der Waals surface area contributed by atoms with E-state index in [9.17, 15) is 37.9 Å². The third kappa shape index (κ3) is 8.87. The fourth-order valence-electron chi connectivity index (χ4n) is 3.61. The molecule has 0 radical (unpaired) electrons. The minimum atomic E-state index is -1.60. The van der Waals surface area contributed by atoms with Crippen LogP contribution in [0.25, 0.3) is 0 Å². The predicted octanol–water partition coefficient (Wildman–Crippen LogP) is 2.47. The molecule has 0 aliphatic rings. The molecule has 2 atom stereocenters. The van der Waals surface area contributed by atoms with E-state index in [0.29, 0.717) is 16.9 Å². The van der Waals surface area contributed by atoms with E-state index in [1.165, 1.54) is 20.1 Å². The van der Waals surface area contributed by atoms with E-state index >= 15 is 0 Å². The number of Topliss-reactive ketones (excluding diaryl/α,β-unsaturated/α-hetero) is 2.